The third kappa shape index (κ3) is 5.83. The van der Waals surface area contributed by atoms with E-state index in [0.717, 1.165) is 45.0 Å². The van der Waals surface area contributed by atoms with E-state index in [1.807, 2.05) is 44.2 Å². The summed E-state index contributed by atoms with van der Waals surface area (Å²) in [5, 5.41) is 2.79. The first kappa shape index (κ1) is 21.4. The van der Waals surface area contributed by atoms with E-state index in [-0.39, 0.29) is 12.2 Å². The van der Waals surface area contributed by atoms with E-state index in [4.69, 9.17) is 21.1 Å². The molecule has 2 aromatic rings. The van der Waals surface area contributed by atoms with Crippen LogP contribution in [0.5, 0.6) is 11.5 Å². The van der Waals surface area contributed by atoms with Gasteiger partial charge < -0.3 is 14.9 Å². The van der Waals surface area contributed by atoms with E-state index >= 15 is 0 Å². The van der Waals surface area contributed by atoms with Crippen LogP contribution in [0.2, 0.25) is 5.02 Å². The lowest BCUT2D eigenvalue weighted by molar-refractivity contribution is -0.0760. The highest BCUT2D eigenvalue weighted by atomic mass is 127. The van der Waals surface area contributed by atoms with Crippen molar-refractivity contribution in [2.75, 3.05) is 13.1 Å². The molecule has 1 aliphatic heterocycles. The van der Waals surface area contributed by atoms with Gasteiger partial charge in [0.1, 0.15) is 17.8 Å². The summed E-state index contributed by atoms with van der Waals surface area (Å²) in [6.07, 6.45) is 2.16. The standard InChI is InChI=1S/C21H25ClIN3O2/c1-13-6-21(28-19-8-17(22)7-18(23)9-19)14(2)5-20(13)24-12-25-26-10-15(3)27-16(4)11-26/h5-9,12,15-16H,10-11H2,1-4H3,(H,24,25). The van der Waals surface area contributed by atoms with Crippen LogP contribution in [-0.4, -0.2) is 36.6 Å². The zero-order valence-corrected chi connectivity index (χ0v) is 19.4. The topological polar surface area (TPSA) is 46.1 Å². The van der Waals surface area contributed by atoms with Crippen molar-refractivity contribution in [3.05, 3.63) is 50.1 Å². The van der Waals surface area contributed by atoms with E-state index in [1.165, 1.54) is 0 Å². The summed E-state index contributed by atoms with van der Waals surface area (Å²) in [7, 11) is 0. The van der Waals surface area contributed by atoms with E-state index in [1.54, 1.807) is 6.34 Å². The summed E-state index contributed by atoms with van der Waals surface area (Å²) in [5.74, 6) is 1.53. The Morgan fingerprint density at radius 2 is 1.86 bits per heavy atom. The minimum Gasteiger partial charge on any atom is -0.457 e. The molecule has 0 amide bonds. The number of hydrogen-bond acceptors (Lipinski definition) is 4. The van der Waals surface area contributed by atoms with Gasteiger partial charge in [-0.2, -0.15) is 0 Å². The number of hydrogen-bond donors (Lipinski definition) is 1. The number of nitrogens with zero attached hydrogens (tertiary/aromatic N) is 2. The molecule has 1 heterocycles. The Kier molecular flexibility index (Phi) is 7.20. The molecule has 0 aromatic heterocycles. The van der Waals surface area contributed by atoms with Crippen molar-refractivity contribution in [2.24, 2.45) is 4.99 Å². The summed E-state index contributed by atoms with van der Waals surface area (Å²) < 4.78 is 12.8. The van der Waals surface area contributed by atoms with E-state index in [9.17, 15) is 0 Å². The monoisotopic (exact) mass is 513 g/mol. The first-order valence-corrected chi connectivity index (χ1v) is 10.7. The van der Waals surface area contributed by atoms with Gasteiger partial charge in [-0.1, -0.05) is 11.6 Å². The van der Waals surface area contributed by atoms with E-state index < -0.39 is 0 Å². The largest absolute Gasteiger partial charge is 0.457 e. The van der Waals surface area contributed by atoms with Gasteiger partial charge in [-0.25, -0.2) is 10.0 Å². The molecule has 1 fully saturated rings. The Morgan fingerprint density at radius 3 is 2.54 bits per heavy atom. The number of halogens is 2. The van der Waals surface area contributed by atoms with Crippen LogP contribution >= 0.6 is 34.2 Å². The molecule has 2 atom stereocenters. The summed E-state index contributed by atoms with van der Waals surface area (Å²) in [5.41, 5.74) is 6.22. The molecule has 28 heavy (non-hydrogen) atoms. The number of morpholine rings is 1. The molecule has 2 aromatic carbocycles. The lowest BCUT2D eigenvalue weighted by atomic mass is 10.1. The highest BCUT2D eigenvalue weighted by Crippen LogP contribution is 2.33. The van der Waals surface area contributed by atoms with Crippen molar-refractivity contribution < 1.29 is 9.47 Å². The molecule has 5 nitrogen and oxygen atoms in total. The number of benzene rings is 2. The van der Waals surface area contributed by atoms with Gasteiger partial charge in [0.15, 0.2) is 0 Å². The lowest BCUT2D eigenvalue weighted by Gasteiger charge is -2.34. The van der Waals surface area contributed by atoms with Crippen molar-refractivity contribution in [1.82, 2.24) is 10.4 Å². The molecule has 0 radical (unpaired) electrons. The average molecular weight is 514 g/mol. The smallest absolute Gasteiger partial charge is 0.130 e. The van der Waals surface area contributed by atoms with Gasteiger partial charge in [-0.15, -0.1) is 0 Å². The minimum atomic E-state index is 0.208. The predicted molar refractivity (Wildman–Crippen MR) is 123 cm³/mol. The first-order valence-electron chi connectivity index (χ1n) is 9.24. The van der Waals surface area contributed by atoms with Gasteiger partial charge in [0.05, 0.1) is 17.9 Å². The predicted octanol–water partition coefficient (Wildman–Crippen LogP) is 5.63. The van der Waals surface area contributed by atoms with Crippen LogP contribution in [0.1, 0.15) is 25.0 Å². The van der Waals surface area contributed by atoms with Crippen LogP contribution in [0, 0.1) is 17.4 Å². The number of aryl methyl sites for hydroxylation is 2. The Labute approximate surface area is 185 Å². The Hall–Kier alpha value is -1.35. The third-order valence-corrected chi connectivity index (χ3v) is 5.26. The molecule has 3 rings (SSSR count). The van der Waals surface area contributed by atoms with Crippen LogP contribution in [0.15, 0.2) is 35.3 Å². The van der Waals surface area contributed by atoms with Crippen LogP contribution < -0.4 is 10.2 Å². The van der Waals surface area contributed by atoms with Crippen LogP contribution in [0.3, 0.4) is 0 Å². The van der Waals surface area contributed by atoms with E-state index in [2.05, 4.69) is 51.9 Å². The molecule has 0 saturated carbocycles. The summed E-state index contributed by atoms with van der Waals surface area (Å²) >= 11 is 8.36. The first-order chi connectivity index (χ1) is 13.3. The molecule has 1 N–H and O–H groups in total. The number of hydrazine groups is 1. The fourth-order valence-electron chi connectivity index (χ4n) is 3.20. The Morgan fingerprint density at radius 1 is 1.14 bits per heavy atom. The second kappa shape index (κ2) is 9.43. The molecule has 0 aliphatic carbocycles. The van der Waals surface area contributed by atoms with Crippen LogP contribution in [0.25, 0.3) is 0 Å². The Bertz CT molecular complexity index is 845. The van der Waals surface area contributed by atoms with Crippen LogP contribution in [-0.2, 0) is 4.74 Å². The third-order valence-electron chi connectivity index (χ3n) is 4.42. The average Bonchev–Trinajstić information content (AvgIpc) is 2.57. The molecular formula is C21H25ClIN3O2. The second-order valence-electron chi connectivity index (χ2n) is 7.16. The van der Waals surface area contributed by atoms with E-state index in [0.29, 0.717) is 5.02 Å². The number of nitrogens with one attached hydrogen (secondary N) is 1. The number of rotatable bonds is 5. The van der Waals surface area contributed by atoms with Gasteiger partial charge in [0, 0.05) is 21.7 Å². The van der Waals surface area contributed by atoms with Gasteiger partial charge >= 0.3 is 0 Å². The number of ether oxygens (including phenoxy) is 2. The highest BCUT2D eigenvalue weighted by molar-refractivity contribution is 14.1. The molecule has 150 valence electrons. The molecule has 1 saturated heterocycles. The number of aliphatic imine (C=N–C) groups is 1. The normalized spacial score (nSPS) is 20.5. The van der Waals surface area contributed by atoms with Crippen molar-refractivity contribution in [3.63, 3.8) is 0 Å². The van der Waals surface area contributed by atoms with Gasteiger partial charge in [0.25, 0.3) is 0 Å². The maximum absolute atomic E-state index is 6.13. The van der Waals surface area contributed by atoms with Gasteiger partial charge in [-0.3, -0.25) is 0 Å². The maximum atomic E-state index is 6.13. The fourth-order valence-corrected chi connectivity index (χ4v) is 4.25. The molecule has 0 bridgehead atoms. The molecule has 7 heteroatoms. The molecular weight excluding hydrogens is 489 g/mol. The maximum Gasteiger partial charge on any atom is 0.130 e. The highest BCUT2D eigenvalue weighted by Gasteiger charge is 2.21. The van der Waals surface area contributed by atoms with Gasteiger partial charge in [-0.05, 0) is 91.7 Å². The summed E-state index contributed by atoms with van der Waals surface area (Å²) in [6.45, 7) is 9.87. The summed E-state index contributed by atoms with van der Waals surface area (Å²) in [6, 6.07) is 9.71. The van der Waals surface area contributed by atoms with Crippen molar-refractivity contribution >= 4 is 46.2 Å². The van der Waals surface area contributed by atoms with Crippen molar-refractivity contribution in [3.8, 4) is 11.5 Å². The van der Waals surface area contributed by atoms with Crippen LogP contribution in [0.4, 0.5) is 5.69 Å². The zero-order valence-electron chi connectivity index (χ0n) is 16.5. The van der Waals surface area contributed by atoms with Crippen molar-refractivity contribution in [1.29, 1.82) is 0 Å². The van der Waals surface area contributed by atoms with Gasteiger partial charge in [0.2, 0.25) is 0 Å². The lowest BCUT2D eigenvalue weighted by Crippen LogP contribution is -2.51. The molecule has 0 spiro atoms. The summed E-state index contributed by atoms with van der Waals surface area (Å²) in [4.78, 5) is 4.59. The molecule has 2 unspecified atom stereocenters. The fraction of sp³-hybridized carbons (Fsp3) is 0.381. The Balaban J connectivity index is 1.69. The van der Waals surface area contributed by atoms with Crippen molar-refractivity contribution in [2.45, 2.75) is 39.9 Å². The zero-order chi connectivity index (χ0) is 20.3. The second-order valence-corrected chi connectivity index (χ2v) is 8.84. The molecule has 1 aliphatic rings. The quantitative estimate of drug-likeness (QED) is 0.320. The SMILES string of the molecule is Cc1cc(Oc2cc(Cl)cc(I)c2)c(C)cc1N=CNN1CC(C)OC(C)C1. The minimum absolute atomic E-state index is 0.208.